The zero-order chi connectivity index (χ0) is 17.8. The monoisotopic (exact) mass is 351 g/mol. The average Bonchev–Trinajstić information content (AvgIpc) is 2.69. The van der Waals surface area contributed by atoms with E-state index in [2.05, 4.69) is 62.3 Å². The summed E-state index contributed by atoms with van der Waals surface area (Å²) in [6.07, 6.45) is 8.20. The number of nitrogens with zero attached hydrogens (tertiary/aromatic N) is 4. The third kappa shape index (κ3) is 4.09. The molecule has 2 saturated heterocycles. The van der Waals surface area contributed by atoms with Gasteiger partial charge >= 0.3 is 0 Å². The molecule has 0 spiro atoms. The minimum atomic E-state index is 0.734. The molecule has 1 aromatic heterocycles. The summed E-state index contributed by atoms with van der Waals surface area (Å²) in [7, 11) is 0. The minimum Gasteiger partial charge on any atom is -0.372 e. The van der Waals surface area contributed by atoms with Gasteiger partial charge in [-0.05, 0) is 62.3 Å². The van der Waals surface area contributed by atoms with E-state index in [0.717, 1.165) is 36.3 Å². The van der Waals surface area contributed by atoms with Gasteiger partial charge in [0.25, 0.3) is 0 Å². The number of hydrogen-bond donors (Lipinski definition) is 1. The van der Waals surface area contributed by atoms with Gasteiger partial charge in [-0.1, -0.05) is 6.92 Å². The first kappa shape index (κ1) is 17.1. The summed E-state index contributed by atoms with van der Waals surface area (Å²) in [6.45, 7) is 6.84. The summed E-state index contributed by atoms with van der Waals surface area (Å²) < 4.78 is 0. The van der Waals surface area contributed by atoms with Crippen LogP contribution in [-0.2, 0) is 0 Å². The fourth-order valence-electron chi connectivity index (χ4n) is 4.04. The van der Waals surface area contributed by atoms with Crippen LogP contribution in [0.15, 0.2) is 36.7 Å². The van der Waals surface area contributed by atoms with Crippen LogP contribution in [0.4, 0.5) is 23.0 Å². The average molecular weight is 351 g/mol. The summed E-state index contributed by atoms with van der Waals surface area (Å²) in [4.78, 5) is 13.7. The molecule has 0 bridgehead atoms. The van der Waals surface area contributed by atoms with E-state index in [4.69, 9.17) is 0 Å². The van der Waals surface area contributed by atoms with Gasteiger partial charge in [0.15, 0.2) is 0 Å². The molecule has 26 heavy (non-hydrogen) atoms. The molecule has 0 radical (unpaired) electrons. The SMILES string of the molecule is CC1CCCN(c2cc(Nc3ccc(N4CCCCC4)cc3)ncn2)C1. The number of rotatable bonds is 4. The number of aromatic nitrogens is 2. The second-order valence-electron chi connectivity index (χ2n) is 7.67. The van der Waals surface area contributed by atoms with Gasteiger partial charge in [0.1, 0.15) is 18.0 Å². The summed E-state index contributed by atoms with van der Waals surface area (Å²) in [5.74, 6) is 2.62. The van der Waals surface area contributed by atoms with E-state index < -0.39 is 0 Å². The van der Waals surface area contributed by atoms with E-state index in [1.807, 2.05) is 0 Å². The van der Waals surface area contributed by atoms with Crippen molar-refractivity contribution >= 4 is 23.0 Å². The zero-order valence-electron chi connectivity index (χ0n) is 15.7. The van der Waals surface area contributed by atoms with Crippen molar-refractivity contribution in [1.82, 2.24) is 9.97 Å². The molecule has 2 fully saturated rings. The van der Waals surface area contributed by atoms with Crippen molar-refractivity contribution in [2.24, 2.45) is 5.92 Å². The highest BCUT2D eigenvalue weighted by molar-refractivity contribution is 5.62. The maximum Gasteiger partial charge on any atom is 0.135 e. The Hall–Kier alpha value is -2.30. The second-order valence-corrected chi connectivity index (χ2v) is 7.67. The molecule has 1 atom stereocenters. The standard InChI is InChI=1S/C21H29N5/c1-17-6-5-13-26(15-17)21-14-20(22-16-23-21)24-18-7-9-19(10-8-18)25-11-3-2-4-12-25/h7-10,14,16-17H,2-6,11-13,15H2,1H3,(H,22,23,24). The van der Waals surface area contributed by atoms with Crippen LogP contribution >= 0.6 is 0 Å². The molecule has 1 N–H and O–H groups in total. The maximum atomic E-state index is 4.48. The number of benzene rings is 1. The summed E-state index contributed by atoms with van der Waals surface area (Å²) in [6, 6.07) is 10.8. The Morgan fingerprint density at radius 1 is 0.923 bits per heavy atom. The molecule has 1 aromatic carbocycles. The molecular weight excluding hydrogens is 322 g/mol. The Morgan fingerprint density at radius 3 is 2.46 bits per heavy atom. The quantitative estimate of drug-likeness (QED) is 0.882. The molecule has 3 heterocycles. The predicted octanol–water partition coefficient (Wildman–Crippen LogP) is 4.45. The first-order chi connectivity index (χ1) is 12.8. The number of hydrogen-bond acceptors (Lipinski definition) is 5. The maximum absolute atomic E-state index is 4.48. The van der Waals surface area contributed by atoms with Gasteiger partial charge in [0.05, 0.1) is 0 Å². The third-order valence-corrected chi connectivity index (χ3v) is 5.49. The summed E-state index contributed by atoms with van der Waals surface area (Å²) in [5.41, 5.74) is 2.39. The van der Waals surface area contributed by atoms with Crippen molar-refractivity contribution in [2.75, 3.05) is 41.3 Å². The lowest BCUT2D eigenvalue weighted by Gasteiger charge is -2.31. The fourth-order valence-corrected chi connectivity index (χ4v) is 4.04. The lowest BCUT2D eigenvalue weighted by molar-refractivity contribution is 0.444. The third-order valence-electron chi connectivity index (χ3n) is 5.49. The van der Waals surface area contributed by atoms with Crippen molar-refractivity contribution in [2.45, 2.75) is 39.0 Å². The molecule has 4 rings (SSSR count). The molecule has 5 heteroatoms. The van der Waals surface area contributed by atoms with Crippen molar-refractivity contribution in [3.05, 3.63) is 36.7 Å². The molecule has 1 unspecified atom stereocenters. The predicted molar refractivity (Wildman–Crippen MR) is 108 cm³/mol. The highest BCUT2D eigenvalue weighted by Gasteiger charge is 2.18. The summed E-state index contributed by atoms with van der Waals surface area (Å²) in [5, 5.41) is 3.43. The zero-order valence-corrected chi connectivity index (χ0v) is 15.7. The Morgan fingerprint density at radius 2 is 1.69 bits per heavy atom. The second kappa shape index (κ2) is 7.94. The van der Waals surface area contributed by atoms with Gasteiger partial charge in [-0.2, -0.15) is 0 Å². The molecule has 0 saturated carbocycles. The van der Waals surface area contributed by atoms with Crippen LogP contribution in [0.5, 0.6) is 0 Å². The van der Waals surface area contributed by atoms with E-state index in [1.165, 1.54) is 50.9 Å². The fraction of sp³-hybridized carbons (Fsp3) is 0.524. The van der Waals surface area contributed by atoms with Crippen LogP contribution in [0.1, 0.15) is 39.0 Å². The molecule has 0 aliphatic carbocycles. The first-order valence-electron chi connectivity index (χ1n) is 9.97. The van der Waals surface area contributed by atoms with E-state index in [-0.39, 0.29) is 0 Å². The Kier molecular flexibility index (Phi) is 5.23. The lowest BCUT2D eigenvalue weighted by atomic mass is 10.0. The molecule has 5 nitrogen and oxygen atoms in total. The van der Waals surface area contributed by atoms with Crippen LogP contribution in [-0.4, -0.2) is 36.1 Å². The van der Waals surface area contributed by atoms with E-state index in [9.17, 15) is 0 Å². The van der Waals surface area contributed by atoms with Crippen LogP contribution in [0.2, 0.25) is 0 Å². The van der Waals surface area contributed by atoms with Gasteiger partial charge in [-0.15, -0.1) is 0 Å². The van der Waals surface area contributed by atoms with Gasteiger partial charge in [0.2, 0.25) is 0 Å². The molecule has 2 aliphatic rings. The highest BCUT2D eigenvalue weighted by atomic mass is 15.2. The van der Waals surface area contributed by atoms with Gasteiger partial charge in [0, 0.05) is 43.6 Å². The Labute approximate surface area is 156 Å². The molecular formula is C21H29N5. The van der Waals surface area contributed by atoms with Crippen molar-refractivity contribution in [3.8, 4) is 0 Å². The number of anilines is 4. The van der Waals surface area contributed by atoms with E-state index in [0.29, 0.717) is 0 Å². The highest BCUT2D eigenvalue weighted by Crippen LogP contribution is 2.25. The van der Waals surface area contributed by atoms with Gasteiger partial charge < -0.3 is 15.1 Å². The Bertz CT molecular complexity index is 709. The van der Waals surface area contributed by atoms with Crippen LogP contribution in [0.25, 0.3) is 0 Å². The molecule has 2 aromatic rings. The smallest absolute Gasteiger partial charge is 0.135 e. The van der Waals surface area contributed by atoms with Crippen LogP contribution in [0.3, 0.4) is 0 Å². The van der Waals surface area contributed by atoms with Crippen molar-refractivity contribution in [3.63, 3.8) is 0 Å². The van der Waals surface area contributed by atoms with Crippen molar-refractivity contribution in [1.29, 1.82) is 0 Å². The van der Waals surface area contributed by atoms with E-state index in [1.54, 1.807) is 6.33 Å². The van der Waals surface area contributed by atoms with Crippen LogP contribution < -0.4 is 15.1 Å². The number of piperidine rings is 2. The topological polar surface area (TPSA) is 44.3 Å². The van der Waals surface area contributed by atoms with Crippen LogP contribution in [0, 0.1) is 5.92 Å². The first-order valence-corrected chi connectivity index (χ1v) is 9.97. The van der Waals surface area contributed by atoms with E-state index >= 15 is 0 Å². The van der Waals surface area contributed by atoms with Gasteiger partial charge in [-0.25, -0.2) is 9.97 Å². The molecule has 0 amide bonds. The largest absolute Gasteiger partial charge is 0.372 e. The van der Waals surface area contributed by atoms with Gasteiger partial charge in [-0.3, -0.25) is 0 Å². The van der Waals surface area contributed by atoms with Crippen molar-refractivity contribution < 1.29 is 0 Å². The minimum absolute atomic E-state index is 0.734. The molecule has 138 valence electrons. The summed E-state index contributed by atoms with van der Waals surface area (Å²) >= 11 is 0. The normalized spacial score (nSPS) is 20.9. The molecule has 2 aliphatic heterocycles. The Balaban J connectivity index is 1.43. The lowest BCUT2D eigenvalue weighted by Crippen LogP contribution is -2.34. The number of nitrogens with one attached hydrogen (secondary N) is 1.